The fourth-order valence-electron chi connectivity index (χ4n) is 3.42. The molecule has 1 aliphatic heterocycles. The van der Waals surface area contributed by atoms with Crippen LogP contribution in [0.3, 0.4) is 0 Å². The van der Waals surface area contributed by atoms with Crippen LogP contribution in [-0.2, 0) is 0 Å². The summed E-state index contributed by atoms with van der Waals surface area (Å²) in [6, 6.07) is 15.1. The van der Waals surface area contributed by atoms with Gasteiger partial charge < -0.3 is 14.6 Å². The molecule has 154 valence electrons. The van der Waals surface area contributed by atoms with E-state index in [2.05, 4.69) is 0 Å². The van der Waals surface area contributed by atoms with Crippen molar-refractivity contribution in [3.63, 3.8) is 0 Å². The highest BCUT2D eigenvalue weighted by atomic mass is 16.5. The highest BCUT2D eigenvalue weighted by Crippen LogP contribution is 2.34. The van der Waals surface area contributed by atoms with Crippen molar-refractivity contribution in [3.8, 4) is 11.5 Å². The number of aliphatic hydroxyl groups is 1. The molecule has 0 saturated carbocycles. The molecule has 0 bridgehead atoms. The van der Waals surface area contributed by atoms with Crippen molar-refractivity contribution in [2.45, 2.75) is 51.4 Å². The molecule has 1 heterocycles. The van der Waals surface area contributed by atoms with Crippen LogP contribution in [0.25, 0.3) is 6.08 Å². The Morgan fingerprint density at radius 1 is 0.862 bits per heavy atom. The van der Waals surface area contributed by atoms with Gasteiger partial charge in [0, 0.05) is 12.7 Å². The fraction of sp³-hybridized carbons (Fsp3) is 0.400. The monoisotopic (exact) mass is 394 g/mol. The van der Waals surface area contributed by atoms with E-state index in [1.165, 1.54) is 25.7 Å². The molecule has 1 aliphatic rings. The number of carbonyl (C=O) groups excluding carboxylic acids is 1. The minimum Gasteiger partial charge on any atom is -0.493 e. The van der Waals surface area contributed by atoms with Crippen LogP contribution < -0.4 is 9.47 Å². The zero-order chi connectivity index (χ0) is 20.3. The Bertz CT molecular complexity index is 811. The van der Waals surface area contributed by atoms with Crippen LogP contribution in [0.5, 0.6) is 11.5 Å². The molecule has 4 heteroatoms. The van der Waals surface area contributed by atoms with Crippen molar-refractivity contribution in [2.24, 2.45) is 0 Å². The van der Waals surface area contributed by atoms with Gasteiger partial charge >= 0.3 is 0 Å². The summed E-state index contributed by atoms with van der Waals surface area (Å²) in [6.45, 7) is 0.980. The summed E-state index contributed by atoms with van der Waals surface area (Å²) in [7, 11) is 0. The number of ketones is 1. The van der Waals surface area contributed by atoms with E-state index in [1.54, 1.807) is 18.2 Å². The maximum absolute atomic E-state index is 12.5. The van der Waals surface area contributed by atoms with Crippen LogP contribution in [0.2, 0.25) is 0 Å². The van der Waals surface area contributed by atoms with Gasteiger partial charge in [-0.1, -0.05) is 68.9 Å². The molecule has 0 spiro atoms. The lowest BCUT2D eigenvalue weighted by atomic mass is 10.1. The predicted octanol–water partition coefficient (Wildman–Crippen LogP) is 5.79. The SMILES string of the molecule is O=C1/C(=C/c2ccccc2)Oc2cc(OCCCCCCCCCCO)ccc21. The third-order valence-electron chi connectivity index (χ3n) is 5.06. The third-order valence-corrected chi connectivity index (χ3v) is 5.06. The Balaban J connectivity index is 1.40. The minimum atomic E-state index is -0.0885. The predicted molar refractivity (Wildman–Crippen MR) is 115 cm³/mol. The molecule has 0 aliphatic carbocycles. The lowest BCUT2D eigenvalue weighted by Gasteiger charge is -2.07. The molecule has 29 heavy (non-hydrogen) atoms. The first kappa shape index (κ1) is 21.1. The van der Waals surface area contributed by atoms with E-state index in [1.807, 2.05) is 36.4 Å². The number of fused-ring (bicyclic) bond motifs is 1. The van der Waals surface area contributed by atoms with Crippen molar-refractivity contribution in [3.05, 3.63) is 65.4 Å². The Kier molecular flexibility index (Phi) is 8.32. The quantitative estimate of drug-likeness (QED) is 0.365. The number of rotatable bonds is 12. The topological polar surface area (TPSA) is 55.8 Å². The number of Topliss-reactive ketones (excluding diaryl/α,β-unsaturated/α-hetero) is 1. The summed E-state index contributed by atoms with van der Waals surface area (Å²) < 4.78 is 11.6. The van der Waals surface area contributed by atoms with Crippen molar-refractivity contribution >= 4 is 11.9 Å². The van der Waals surface area contributed by atoms with Crippen LogP contribution in [0.1, 0.15) is 67.3 Å². The zero-order valence-corrected chi connectivity index (χ0v) is 16.9. The van der Waals surface area contributed by atoms with E-state index in [9.17, 15) is 4.79 Å². The molecule has 1 N–H and O–H groups in total. The second-order valence-corrected chi connectivity index (χ2v) is 7.41. The summed E-state index contributed by atoms with van der Waals surface area (Å²) in [5.74, 6) is 1.57. The van der Waals surface area contributed by atoms with Crippen LogP contribution in [0.15, 0.2) is 54.3 Å². The maximum Gasteiger partial charge on any atom is 0.231 e. The molecular weight excluding hydrogens is 364 g/mol. The molecule has 0 fully saturated rings. The number of allylic oxidation sites excluding steroid dienone is 1. The Morgan fingerprint density at radius 2 is 1.55 bits per heavy atom. The van der Waals surface area contributed by atoms with Gasteiger partial charge in [0.15, 0.2) is 5.76 Å². The molecule has 0 amide bonds. The molecule has 2 aromatic rings. The van der Waals surface area contributed by atoms with Gasteiger partial charge in [-0.15, -0.1) is 0 Å². The summed E-state index contributed by atoms with van der Waals surface area (Å²) in [5, 5.41) is 8.76. The number of aliphatic hydroxyl groups excluding tert-OH is 1. The lowest BCUT2D eigenvalue weighted by molar-refractivity contribution is 0.101. The first-order chi connectivity index (χ1) is 14.3. The van der Waals surface area contributed by atoms with Crippen molar-refractivity contribution in [1.29, 1.82) is 0 Å². The van der Waals surface area contributed by atoms with Crippen molar-refractivity contribution in [1.82, 2.24) is 0 Å². The first-order valence-electron chi connectivity index (χ1n) is 10.6. The second-order valence-electron chi connectivity index (χ2n) is 7.41. The van der Waals surface area contributed by atoms with E-state index in [4.69, 9.17) is 14.6 Å². The van der Waals surface area contributed by atoms with Gasteiger partial charge in [0.05, 0.1) is 12.2 Å². The van der Waals surface area contributed by atoms with E-state index in [-0.39, 0.29) is 5.78 Å². The number of ether oxygens (including phenoxy) is 2. The fourth-order valence-corrected chi connectivity index (χ4v) is 3.42. The molecule has 2 aromatic carbocycles. The van der Waals surface area contributed by atoms with Gasteiger partial charge in [0.1, 0.15) is 11.5 Å². The molecular formula is C25H30O4. The average molecular weight is 395 g/mol. The van der Waals surface area contributed by atoms with Crippen LogP contribution in [-0.4, -0.2) is 24.1 Å². The highest BCUT2D eigenvalue weighted by molar-refractivity contribution is 6.14. The zero-order valence-electron chi connectivity index (χ0n) is 16.9. The van der Waals surface area contributed by atoms with Gasteiger partial charge in [0.25, 0.3) is 0 Å². The van der Waals surface area contributed by atoms with Gasteiger partial charge in [-0.3, -0.25) is 4.79 Å². The Hall–Kier alpha value is -2.59. The smallest absolute Gasteiger partial charge is 0.231 e. The number of hydrogen-bond acceptors (Lipinski definition) is 4. The molecule has 4 nitrogen and oxygen atoms in total. The molecule has 0 unspecified atom stereocenters. The standard InChI is InChI=1S/C25H30O4/c26-16-10-5-3-1-2-4-6-11-17-28-21-14-15-22-23(19-21)29-24(25(22)27)18-20-12-8-7-9-13-20/h7-9,12-15,18-19,26H,1-6,10-11,16-17H2/b24-18-. The molecule has 0 saturated heterocycles. The maximum atomic E-state index is 12.5. The summed E-state index contributed by atoms with van der Waals surface area (Å²) in [6.07, 6.45) is 10.9. The van der Waals surface area contributed by atoms with Crippen LogP contribution >= 0.6 is 0 Å². The van der Waals surface area contributed by atoms with E-state index in [0.29, 0.717) is 30.3 Å². The number of hydrogen-bond donors (Lipinski definition) is 1. The number of unbranched alkanes of at least 4 members (excludes halogenated alkanes) is 7. The summed E-state index contributed by atoms with van der Waals surface area (Å²) >= 11 is 0. The van der Waals surface area contributed by atoms with Crippen LogP contribution in [0, 0.1) is 0 Å². The Labute approximate surface area is 173 Å². The highest BCUT2D eigenvalue weighted by Gasteiger charge is 2.27. The largest absolute Gasteiger partial charge is 0.493 e. The summed E-state index contributed by atoms with van der Waals surface area (Å²) in [4.78, 5) is 12.5. The van der Waals surface area contributed by atoms with Crippen LogP contribution in [0.4, 0.5) is 0 Å². The first-order valence-corrected chi connectivity index (χ1v) is 10.6. The minimum absolute atomic E-state index is 0.0885. The van der Waals surface area contributed by atoms with Gasteiger partial charge in [-0.2, -0.15) is 0 Å². The number of carbonyl (C=O) groups is 1. The van der Waals surface area contributed by atoms with Gasteiger partial charge in [0.2, 0.25) is 5.78 Å². The molecule has 0 radical (unpaired) electrons. The normalized spacial score (nSPS) is 14.1. The summed E-state index contributed by atoms with van der Waals surface area (Å²) in [5.41, 5.74) is 1.52. The second kappa shape index (κ2) is 11.4. The lowest BCUT2D eigenvalue weighted by Crippen LogP contribution is -1.98. The van der Waals surface area contributed by atoms with E-state index >= 15 is 0 Å². The Morgan fingerprint density at radius 3 is 2.28 bits per heavy atom. The van der Waals surface area contributed by atoms with Crippen molar-refractivity contribution < 1.29 is 19.4 Å². The van der Waals surface area contributed by atoms with E-state index < -0.39 is 0 Å². The molecule has 0 aromatic heterocycles. The van der Waals surface area contributed by atoms with Gasteiger partial charge in [-0.05, 0) is 36.6 Å². The average Bonchev–Trinajstić information content (AvgIpc) is 3.05. The molecule has 0 atom stereocenters. The third kappa shape index (κ3) is 6.47. The van der Waals surface area contributed by atoms with Gasteiger partial charge in [-0.25, -0.2) is 0 Å². The van der Waals surface area contributed by atoms with E-state index in [0.717, 1.165) is 37.0 Å². The molecule has 3 rings (SSSR count). The van der Waals surface area contributed by atoms with Crippen molar-refractivity contribution in [2.75, 3.05) is 13.2 Å². The number of benzene rings is 2.